The number of aliphatic hydroxyl groups is 1. The average molecular weight is 278 g/mol. The molecule has 1 aliphatic carbocycles. The van der Waals surface area contributed by atoms with E-state index in [-0.39, 0.29) is 18.9 Å². The summed E-state index contributed by atoms with van der Waals surface area (Å²) >= 11 is 0. The number of nitrogens with two attached hydrogens (primary N) is 1. The van der Waals surface area contributed by atoms with E-state index in [1.54, 1.807) is 24.3 Å². The van der Waals surface area contributed by atoms with Crippen LogP contribution in [0.2, 0.25) is 0 Å². The van der Waals surface area contributed by atoms with Crippen LogP contribution < -0.4 is 11.1 Å². The lowest BCUT2D eigenvalue weighted by Crippen LogP contribution is -2.46. The third-order valence-electron chi connectivity index (χ3n) is 3.67. The first-order valence-electron chi connectivity index (χ1n) is 6.50. The molecule has 0 bridgehead atoms. The summed E-state index contributed by atoms with van der Waals surface area (Å²) in [6.07, 6.45) is 1.38. The number of rotatable bonds is 6. The molecule has 2 rings (SSSR count). The molecule has 0 unspecified atom stereocenters. The Kier molecular flexibility index (Phi) is 3.94. The Bertz CT molecular complexity index is 508. The first kappa shape index (κ1) is 14.3. The fourth-order valence-corrected chi connectivity index (χ4v) is 2.26. The zero-order chi connectivity index (χ0) is 14.8. The van der Waals surface area contributed by atoms with Gasteiger partial charge in [-0.3, -0.25) is 4.79 Å². The van der Waals surface area contributed by atoms with E-state index in [9.17, 15) is 9.59 Å². The number of carboxylic acid groups (broad SMARTS) is 1. The molecule has 0 saturated heterocycles. The van der Waals surface area contributed by atoms with Crippen molar-refractivity contribution in [3.8, 4) is 0 Å². The Labute approximate surface area is 116 Å². The predicted molar refractivity (Wildman–Crippen MR) is 73.0 cm³/mol. The third-order valence-corrected chi connectivity index (χ3v) is 3.67. The van der Waals surface area contributed by atoms with Crippen molar-refractivity contribution in [1.82, 2.24) is 5.32 Å². The Morgan fingerprint density at radius 2 is 1.90 bits per heavy atom. The van der Waals surface area contributed by atoms with E-state index in [1.807, 2.05) is 0 Å². The smallest absolute Gasteiger partial charge is 0.326 e. The summed E-state index contributed by atoms with van der Waals surface area (Å²) in [5, 5.41) is 20.3. The van der Waals surface area contributed by atoms with Gasteiger partial charge in [-0.15, -0.1) is 0 Å². The fraction of sp³-hybridized carbons (Fsp3) is 0.429. The maximum absolute atomic E-state index is 12.3. The van der Waals surface area contributed by atoms with Crippen molar-refractivity contribution in [1.29, 1.82) is 0 Å². The standard InChI is InChI=1S/C14H18N2O4/c15-10-3-1-9(2-4-10)14(6-7-14)13(20)16-11(5-8-17)12(18)19/h1-4,11,17H,5-8,15H2,(H,16,20)(H,18,19)/t11-/m0/s1. The lowest BCUT2D eigenvalue weighted by Gasteiger charge is -2.19. The van der Waals surface area contributed by atoms with Crippen LogP contribution in [0.1, 0.15) is 24.8 Å². The molecule has 0 aliphatic heterocycles. The van der Waals surface area contributed by atoms with Crippen molar-refractivity contribution in [3.05, 3.63) is 29.8 Å². The van der Waals surface area contributed by atoms with E-state index >= 15 is 0 Å². The number of amides is 1. The van der Waals surface area contributed by atoms with Crippen LogP contribution in [0.15, 0.2) is 24.3 Å². The highest BCUT2D eigenvalue weighted by Crippen LogP contribution is 2.48. The van der Waals surface area contributed by atoms with Gasteiger partial charge in [-0.2, -0.15) is 0 Å². The van der Waals surface area contributed by atoms with E-state index in [0.29, 0.717) is 18.5 Å². The maximum Gasteiger partial charge on any atom is 0.326 e. The number of aliphatic carboxylic acids is 1. The number of nitrogen functional groups attached to an aromatic ring is 1. The molecule has 0 spiro atoms. The number of aliphatic hydroxyl groups excluding tert-OH is 1. The van der Waals surface area contributed by atoms with Crippen molar-refractivity contribution in [2.75, 3.05) is 12.3 Å². The molecule has 1 atom stereocenters. The number of carbonyl (C=O) groups excluding carboxylic acids is 1. The van der Waals surface area contributed by atoms with Crippen molar-refractivity contribution < 1.29 is 19.8 Å². The van der Waals surface area contributed by atoms with E-state index in [0.717, 1.165) is 5.56 Å². The maximum atomic E-state index is 12.3. The largest absolute Gasteiger partial charge is 0.480 e. The Balaban J connectivity index is 2.12. The molecule has 5 N–H and O–H groups in total. The van der Waals surface area contributed by atoms with Crippen LogP contribution in [-0.2, 0) is 15.0 Å². The third kappa shape index (κ3) is 2.75. The van der Waals surface area contributed by atoms with Gasteiger partial charge in [-0.25, -0.2) is 4.79 Å². The molecular formula is C14H18N2O4. The fourth-order valence-electron chi connectivity index (χ4n) is 2.26. The molecule has 6 nitrogen and oxygen atoms in total. The summed E-state index contributed by atoms with van der Waals surface area (Å²) in [5.41, 5.74) is 6.44. The molecule has 0 aromatic heterocycles. The van der Waals surface area contributed by atoms with Gasteiger partial charge in [-0.1, -0.05) is 12.1 Å². The number of anilines is 1. The SMILES string of the molecule is Nc1ccc(C2(C(=O)N[C@@H](CCO)C(=O)O)CC2)cc1. The molecular weight excluding hydrogens is 260 g/mol. The molecule has 1 amide bonds. The van der Waals surface area contributed by atoms with E-state index in [1.165, 1.54) is 0 Å². The molecule has 108 valence electrons. The minimum Gasteiger partial charge on any atom is -0.480 e. The summed E-state index contributed by atoms with van der Waals surface area (Å²) in [4.78, 5) is 23.3. The summed E-state index contributed by atoms with van der Waals surface area (Å²) in [6, 6.07) is 5.99. The zero-order valence-corrected chi connectivity index (χ0v) is 11.0. The monoisotopic (exact) mass is 278 g/mol. The van der Waals surface area contributed by atoms with Gasteiger partial charge in [0.25, 0.3) is 0 Å². The average Bonchev–Trinajstić information content (AvgIpc) is 3.20. The Hall–Kier alpha value is -2.08. The van der Waals surface area contributed by atoms with Gasteiger partial charge in [0, 0.05) is 18.7 Å². The molecule has 1 aromatic rings. The molecule has 1 aromatic carbocycles. The lowest BCUT2D eigenvalue weighted by molar-refractivity contribution is -0.142. The Morgan fingerprint density at radius 3 is 2.35 bits per heavy atom. The second-order valence-electron chi connectivity index (χ2n) is 5.08. The minimum absolute atomic E-state index is 0.00110. The topological polar surface area (TPSA) is 113 Å². The van der Waals surface area contributed by atoms with Gasteiger partial charge >= 0.3 is 5.97 Å². The zero-order valence-electron chi connectivity index (χ0n) is 11.0. The Morgan fingerprint density at radius 1 is 1.30 bits per heavy atom. The molecule has 1 aliphatic rings. The van der Waals surface area contributed by atoms with Gasteiger partial charge in [0.15, 0.2) is 0 Å². The van der Waals surface area contributed by atoms with E-state index < -0.39 is 17.4 Å². The molecule has 1 saturated carbocycles. The molecule has 20 heavy (non-hydrogen) atoms. The van der Waals surface area contributed by atoms with E-state index in [4.69, 9.17) is 15.9 Å². The number of carbonyl (C=O) groups is 2. The summed E-state index contributed by atoms with van der Waals surface area (Å²) in [6.45, 7) is -0.286. The van der Waals surface area contributed by atoms with Crippen molar-refractivity contribution in [3.63, 3.8) is 0 Å². The highest BCUT2D eigenvalue weighted by Gasteiger charge is 2.51. The summed E-state index contributed by atoms with van der Waals surface area (Å²) in [5.74, 6) is -1.44. The predicted octanol–water partition coefficient (Wildman–Crippen LogP) is 0.252. The summed E-state index contributed by atoms with van der Waals surface area (Å²) in [7, 11) is 0. The van der Waals surface area contributed by atoms with Crippen LogP contribution in [0.4, 0.5) is 5.69 Å². The van der Waals surface area contributed by atoms with Crippen molar-refractivity contribution >= 4 is 17.6 Å². The van der Waals surface area contributed by atoms with Crippen LogP contribution >= 0.6 is 0 Å². The van der Waals surface area contributed by atoms with Crippen molar-refractivity contribution in [2.45, 2.75) is 30.7 Å². The van der Waals surface area contributed by atoms with Gasteiger partial charge in [0.05, 0.1) is 5.41 Å². The van der Waals surface area contributed by atoms with Crippen LogP contribution in [-0.4, -0.2) is 34.7 Å². The van der Waals surface area contributed by atoms with Gasteiger partial charge < -0.3 is 21.3 Å². The van der Waals surface area contributed by atoms with Crippen LogP contribution in [0, 0.1) is 0 Å². The number of hydrogen-bond acceptors (Lipinski definition) is 4. The number of hydrogen-bond donors (Lipinski definition) is 4. The first-order valence-corrected chi connectivity index (χ1v) is 6.50. The number of nitrogens with one attached hydrogen (secondary N) is 1. The number of benzene rings is 1. The van der Waals surface area contributed by atoms with Crippen LogP contribution in [0.5, 0.6) is 0 Å². The highest BCUT2D eigenvalue weighted by atomic mass is 16.4. The van der Waals surface area contributed by atoms with Gasteiger partial charge in [0.1, 0.15) is 6.04 Å². The molecule has 0 radical (unpaired) electrons. The van der Waals surface area contributed by atoms with Gasteiger partial charge in [0.2, 0.25) is 5.91 Å². The number of carboxylic acids is 1. The second-order valence-corrected chi connectivity index (χ2v) is 5.08. The highest BCUT2D eigenvalue weighted by molar-refractivity contribution is 5.94. The minimum atomic E-state index is -1.14. The van der Waals surface area contributed by atoms with E-state index in [2.05, 4.69) is 5.32 Å². The van der Waals surface area contributed by atoms with Gasteiger partial charge in [-0.05, 0) is 30.5 Å². The lowest BCUT2D eigenvalue weighted by atomic mass is 9.94. The second kappa shape index (κ2) is 5.50. The quantitative estimate of drug-likeness (QED) is 0.557. The van der Waals surface area contributed by atoms with Crippen LogP contribution in [0.25, 0.3) is 0 Å². The van der Waals surface area contributed by atoms with Crippen LogP contribution in [0.3, 0.4) is 0 Å². The normalized spacial score (nSPS) is 17.2. The van der Waals surface area contributed by atoms with Crippen molar-refractivity contribution in [2.24, 2.45) is 0 Å². The molecule has 6 heteroatoms. The summed E-state index contributed by atoms with van der Waals surface area (Å²) < 4.78 is 0. The molecule has 0 heterocycles. The first-order chi connectivity index (χ1) is 9.49. The molecule has 1 fully saturated rings.